The number of allylic oxidation sites excluding steroid dienone is 1. The Balaban J connectivity index is 1.54. The highest BCUT2D eigenvalue weighted by Crippen LogP contribution is 2.45. The van der Waals surface area contributed by atoms with Gasteiger partial charge < -0.3 is 19.6 Å². The molecule has 192 valence electrons. The lowest BCUT2D eigenvalue weighted by Crippen LogP contribution is -2.46. The molecule has 5 rings (SSSR count). The summed E-state index contributed by atoms with van der Waals surface area (Å²) in [6, 6.07) is 12.3. The van der Waals surface area contributed by atoms with Gasteiger partial charge >= 0.3 is 0 Å². The Labute approximate surface area is 219 Å². The number of aliphatic hydroxyl groups excluding tert-OH is 1. The van der Waals surface area contributed by atoms with E-state index in [0.29, 0.717) is 13.2 Å². The maximum Gasteiger partial charge on any atom is 0.228 e. The zero-order valence-electron chi connectivity index (χ0n) is 21.4. The van der Waals surface area contributed by atoms with Crippen molar-refractivity contribution in [2.45, 2.75) is 57.0 Å². The lowest BCUT2D eigenvalue weighted by Gasteiger charge is -2.41. The maximum atomic E-state index is 13.0. The molecule has 0 fully saturated rings. The summed E-state index contributed by atoms with van der Waals surface area (Å²) in [5.41, 5.74) is 4.36. The molecule has 0 saturated carbocycles. The summed E-state index contributed by atoms with van der Waals surface area (Å²) in [5.74, 6) is 0.263. The largest absolute Gasteiger partial charge is 0.490 e. The molecule has 6 heteroatoms. The molecule has 1 spiro atoms. The number of aliphatic hydroxyl groups is 1. The second-order valence-corrected chi connectivity index (χ2v) is 11.2. The van der Waals surface area contributed by atoms with Crippen LogP contribution in [-0.2, 0) is 16.6 Å². The number of anilines is 1. The average Bonchev–Trinajstić information content (AvgIpc) is 3.03. The molecule has 0 unspecified atom stereocenters. The molecule has 2 heterocycles. The number of aryl methyl sites for hydroxylation is 1. The summed E-state index contributed by atoms with van der Waals surface area (Å²) in [7, 11) is 1.80. The molecular weight excluding hydrogens is 472 g/mol. The molecule has 2 bridgehead atoms. The Morgan fingerprint density at radius 1 is 1.11 bits per heavy atom. The Bertz CT molecular complexity index is 1150. The van der Waals surface area contributed by atoms with Gasteiger partial charge in [0.1, 0.15) is 5.75 Å². The molecule has 2 aromatic carbocycles. The van der Waals surface area contributed by atoms with Crippen molar-refractivity contribution in [1.82, 2.24) is 4.90 Å². The molecule has 1 N–H and O–H groups in total. The van der Waals surface area contributed by atoms with Crippen molar-refractivity contribution in [2.75, 3.05) is 38.2 Å². The molecule has 3 atom stereocenters. The van der Waals surface area contributed by atoms with Crippen LogP contribution in [-0.4, -0.2) is 49.2 Å². The van der Waals surface area contributed by atoms with E-state index in [1.54, 1.807) is 11.9 Å². The van der Waals surface area contributed by atoms with Crippen molar-refractivity contribution in [1.29, 1.82) is 0 Å². The summed E-state index contributed by atoms with van der Waals surface area (Å²) < 4.78 is 6.53. The lowest BCUT2D eigenvalue weighted by molar-refractivity contribution is -0.136. The standard InChI is InChI=1S/C30H37ClN2O3/c1-21-28(34)23-10-13-27-26(18-23)33(16-7-5-3-4-6-15-32(2)29(21)35)19-30(20-36-27)14-8-9-22-17-24(31)11-12-25(22)30/h4,6,10-13,17-18,21,28,34H,3,5,7-9,14-16,19-20H2,1-2H3/b6-4+/t21-,28-,30+/m1/s1. The zero-order chi connectivity index (χ0) is 25.3. The van der Waals surface area contributed by atoms with Gasteiger partial charge in [-0.2, -0.15) is 0 Å². The van der Waals surface area contributed by atoms with Crippen LogP contribution in [0.25, 0.3) is 0 Å². The third kappa shape index (κ3) is 4.88. The number of likely N-dealkylation sites (N-methyl/N-ethyl adjacent to an activating group) is 1. The van der Waals surface area contributed by atoms with Crippen LogP contribution in [0.3, 0.4) is 0 Å². The van der Waals surface area contributed by atoms with E-state index in [1.807, 2.05) is 31.2 Å². The van der Waals surface area contributed by atoms with Gasteiger partial charge in [-0.3, -0.25) is 4.79 Å². The third-order valence-electron chi connectivity index (χ3n) is 8.24. The number of fused-ring (bicyclic) bond motifs is 3. The maximum absolute atomic E-state index is 13.0. The first-order valence-corrected chi connectivity index (χ1v) is 13.6. The van der Waals surface area contributed by atoms with Crippen molar-refractivity contribution >= 4 is 23.2 Å². The first-order chi connectivity index (χ1) is 17.4. The van der Waals surface area contributed by atoms with Crippen molar-refractivity contribution in [2.24, 2.45) is 5.92 Å². The number of nitrogens with zero attached hydrogens (tertiary/aromatic N) is 2. The minimum atomic E-state index is -0.879. The van der Waals surface area contributed by atoms with E-state index in [2.05, 4.69) is 29.2 Å². The van der Waals surface area contributed by atoms with Gasteiger partial charge in [-0.15, -0.1) is 0 Å². The van der Waals surface area contributed by atoms with E-state index in [-0.39, 0.29) is 11.3 Å². The van der Waals surface area contributed by atoms with E-state index in [4.69, 9.17) is 16.3 Å². The van der Waals surface area contributed by atoms with Gasteiger partial charge in [0.25, 0.3) is 0 Å². The van der Waals surface area contributed by atoms with Gasteiger partial charge in [0, 0.05) is 37.1 Å². The molecule has 5 nitrogen and oxygen atoms in total. The van der Waals surface area contributed by atoms with Gasteiger partial charge in [0.15, 0.2) is 0 Å². The van der Waals surface area contributed by atoms with E-state index in [1.165, 1.54) is 11.1 Å². The molecule has 0 saturated heterocycles. The molecular formula is C30H37ClN2O3. The highest BCUT2D eigenvalue weighted by molar-refractivity contribution is 6.30. The Kier molecular flexibility index (Phi) is 7.32. The normalized spacial score (nSPS) is 27.9. The lowest BCUT2D eigenvalue weighted by atomic mass is 9.70. The quantitative estimate of drug-likeness (QED) is 0.465. The van der Waals surface area contributed by atoms with Crippen LogP contribution in [0.2, 0.25) is 5.02 Å². The summed E-state index contributed by atoms with van der Waals surface area (Å²) in [6.45, 7) is 4.77. The number of halogens is 1. The second-order valence-electron chi connectivity index (χ2n) is 10.8. The van der Waals surface area contributed by atoms with Crippen LogP contribution in [0.5, 0.6) is 5.75 Å². The third-order valence-corrected chi connectivity index (χ3v) is 8.47. The number of carbonyl (C=O) groups excluding carboxylic acids is 1. The number of carbonyl (C=O) groups is 1. The topological polar surface area (TPSA) is 53.0 Å². The van der Waals surface area contributed by atoms with Gasteiger partial charge in [0.2, 0.25) is 5.91 Å². The molecule has 2 aliphatic heterocycles. The number of hydrogen-bond acceptors (Lipinski definition) is 4. The molecule has 3 aliphatic rings. The van der Waals surface area contributed by atoms with Gasteiger partial charge in [0.05, 0.1) is 24.3 Å². The van der Waals surface area contributed by atoms with Crippen LogP contribution >= 0.6 is 11.6 Å². The van der Waals surface area contributed by atoms with E-state index in [0.717, 1.165) is 73.6 Å². The number of ether oxygens (including phenoxy) is 1. The van der Waals surface area contributed by atoms with Gasteiger partial charge in [-0.25, -0.2) is 0 Å². The summed E-state index contributed by atoms with van der Waals surface area (Å²) >= 11 is 6.36. The van der Waals surface area contributed by atoms with Crippen LogP contribution in [0.15, 0.2) is 48.6 Å². The van der Waals surface area contributed by atoms with Crippen molar-refractivity contribution in [3.05, 3.63) is 70.3 Å². The summed E-state index contributed by atoms with van der Waals surface area (Å²) in [4.78, 5) is 17.1. The first-order valence-electron chi connectivity index (χ1n) is 13.3. The second kappa shape index (κ2) is 10.5. The van der Waals surface area contributed by atoms with Crippen LogP contribution < -0.4 is 9.64 Å². The van der Waals surface area contributed by atoms with Gasteiger partial charge in [-0.1, -0.05) is 42.8 Å². The summed E-state index contributed by atoms with van der Waals surface area (Å²) in [5, 5.41) is 12.0. The number of rotatable bonds is 0. The fraction of sp³-hybridized carbons (Fsp3) is 0.500. The first kappa shape index (κ1) is 25.2. The molecule has 1 aliphatic carbocycles. The van der Waals surface area contributed by atoms with Crippen LogP contribution in [0.4, 0.5) is 5.69 Å². The number of benzene rings is 2. The average molecular weight is 509 g/mol. The fourth-order valence-corrected chi connectivity index (χ4v) is 6.32. The summed E-state index contributed by atoms with van der Waals surface area (Å²) in [6.07, 6.45) is 9.72. The van der Waals surface area contributed by atoms with Crippen LogP contribution in [0, 0.1) is 5.92 Å². The van der Waals surface area contributed by atoms with Gasteiger partial charge in [-0.05, 0) is 79.5 Å². The monoisotopic (exact) mass is 508 g/mol. The number of amides is 1. The minimum Gasteiger partial charge on any atom is -0.490 e. The molecule has 0 aromatic heterocycles. The molecule has 2 aromatic rings. The highest BCUT2D eigenvalue weighted by atomic mass is 35.5. The number of hydrogen-bond donors (Lipinski definition) is 1. The molecule has 36 heavy (non-hydrogen) atoms. The minimum absolute atomic E-state index is 0.0542. The fourth-order valence-electron chi connectivity index (χ4n) is 6.13. The Hall–Kier alpha value is -2.50. The van der Waals surface area contributed by atoms with Crippen molar-refractivity contribution in [3.8, 4) is 5.75 Å². The van der Waals surface area contributed by atoms with Crippen molar-refractivity contribution < 1.29 is 14.6 Å². The Morgan fingerprint density at radius 2 is 1.97 bits per heavy atom. The molecule has 1 amide bonds. The van der Waals surface area contributed by atoms with Crippen molar-refractivity contribution in [3.63, 3.8) is 0 Å². The van der Waals surface area contributed by atoms with E-state index >= 15 is 0 Å². The molecule has 0 radical (unpaired) electrons. The predicted molar refractivity (Wildman–Crippen MR) is 145 cm³/mol. The van der Waals surface area contributed by atoms with Crippen LogP contribution in [0.1, 0.15) is 61.8 Å². The van der Waals surface area contributed by atoms with E-state index < -0.39 is 12.0 Å². The Morgan fingerprint density at radius 3 is 2.83 bits per heavy atom. The highest BCUT2D eigenvalue weighted by Gasteiger charge is 2.41. The predicted octanol–water partition coefficient (Wildman–Crippen LogP) is 5.68. The smallest absolute Gasteiger partial charge is 0.228 e. The zero-order valence-corrected chi connectivity index (χ0v) is 22.1. The van der Waals surface area contributed by atoms with E-state index in [9.17, 15) is 9.90 Å². The SMILES string of the molecule is C[C@H]1C(=O)N(C)C/C=C/CCCCN2C[C@@]3(CCCc4cc(Cl)ccc43)COc3ccc(cc32)[C@@H]1O.